The first-order chi connectivity index (χ1) is 15.3. The van der Waals surface area contributed by atoms with E-state index >= 15 is 0 Å². The number of hydrogen-bond donors (Lipinski definition) is 0. The van der Waals surface area contributed by atoms with Crippen LogP contribution in [0.2, 0.25) is 0 Å². The molecule has 4 aromatic carbocycles. The molecule has 2 aliphatic rings. The van der Waals surface area contributed by atoms with Crippen LogP contribution in [0.4, 0.5) is 5.69 Å². The van der Waals surface area contributed by atoms with Crippen LogP contribution in [0.15, 0.2) is 101 Å². The van der Waals surface area contributed by atoms with Gasteiger partial charge in [0.15, 0.2) is 0 Å². The minimum atomic E-state index is 0.982. The largest absolute Gasteiger partial charge is 0.255 e. The van der Waals surface area contributed by atoms with Crippen LogP contribution in [0.1, 0.15) is 11.3 Å². The first-order valence-electron chi connectivity index (χ1n) is 10.3. The molecule has 1 aromatic heterocycles. The van der Waals surface area contributed by atoms with Gasteiger partial charge in [-0.3, -0.25) is 4.98 Å². The van der Waals surface area contributed by atoms with E-state index in [0.29, 0.717) is 0 Å². The van der Waals surface area contributed by atoms with Gasteiger partial charge in [-0.15, -0.1) is 0 Å². The van der Waals surface area contributed by atoms with E-state index < -0.39 is 0 Å². The Morgan fingerprint density at radius 3 is 2.16 bits per heavy atom. The summed E-state index contributed by atoms with van der Waals surface area (Å²) in [4.78, 5) is 9.76. The highest BCUT2D eigenvalue weighted by molar-refractivity contribution is 9.10. The molecule has 0 spiro atoms. The monoisotopic (exact) mass is 458 g/mol. The van der Waals surface area contributed by atoms with E-state index in [1.165, 1.54) is 49.4 Å². The van der Waals surface area contributed by atoms with Gasteiger partial charge in [0.2, 0.25) is 0 Å². The van der Waals surface area contributed by atoms with Gasteiger partial charge in [0.1, 0.15) is 0 Å². The number of pyridine rings is 1. The predicted molar refractivity (Wildman–Crippen MR) is 129 cm³/mol. The fourth-order valence-electron chi connectivity index (χ4n) is 5.00. The molecule has 0 N–H and O–H groups in total. The topological polar surface area (TPSA) is 25.2 Å². The lowest BCUT2D eigenvalue weighted by atomic mass is 9.97. The molecule has 0 bridgehead atoms. The Bertz CT molecular complexity index is 1680. The molecule has 0 amide bonds. The van der Waals surface area contributed by atoms with Crippen molar-refractivity contribution in [2.24, 2.45) is 4.99 Å². The Morgan fingerprint density at radius 1 is 0.581 bits per heavy atom. The second-order valence-corrected chi connectivity index (χ2v) is 8.87. The highest BCUT2D eigenvalue weighted by atomic mass is 79.9. The lowest BCUT2D eigenvalue weighted by Crippen LogP contribution is -2.13. The smallest absolute Gasteiger partial charge is 0.0794 e. The van der Waals surface area contributed by atoms with E-state index in [4.69, 9.17) is 9.98 Å². The number of rotatable bonds is 1. The molecule has 144 valence electrons. The number of hydrogen-bond acceptors (Lipinski definition) is 2. The molecule has 3 heteroatoms. The molecule has 0 atom stereocenters. The third kappa shape index (κ3) is 2.32. The third-order valence-electron chi connectivity index (χ3n) is 6.32. The maximum absolute atomic E-state index is 5.00. The summed E-state index contributed by atoms with van der Waals surface area (Å²) in [6.45, 7) is 0. The van der Waals surface area contributed by atoms with Crippen molar-refractivity contribution in [1.29, 1.82) is 0 Å². The fourth-order valence-corrected chi connectivity index (χ4v) is 5.24. The summed E-state index contributed by atoms with van der Waals surface area (Å²) in [6.07, 6.45) is 1.87. The van der Waals surface area contributed by atoms with E-state index in [2.05, 4.69) is 101 Å². The van der Waals surface area contributed by atoms with Crippen molar-refractivity contribution in [3.05, 3.63) is 117 Å². The summed E-state index contributed by atoms with van der Waals surface area (Å²) in [6, 6.07) is 30.1. The molecule has 0 saturated heterocycles. The Kier molecular flexibility index (Phi) is 3.44. The van der Waals surface area contributed by atoms with Gasteiger partial charge in [-0.05, 0) is 56.2 Å². The van der Waals surface area contributed by atoms with E-state index in [-0.39, 0.29) is 0 Å². The van der Waals surface area contributed by atoms with Gasteiger partial charge in [-0.25, -0.2) is 4.99 Å². The lowest BCUT2D eigenvalue weighted by molar-refractivity contribution is 1.26. The van der Waals surface area contributed by atoms with Gasteiger partial charge in [0, 0.05) is 38.0 Å². The molecule has 7 rings (SSSR count). The molecule has 1 aliphatic carbocycles. The van der Waals surface area contributed by atoms with Crippen LogP contribution in [0.3, 0.4) is 0 Å². The summed E-state index contributed by atoms with van der Waals surface area (Å²) in [7, 11) is 0. The van der Waals surface area contributed by atoms with Crippen molar-refractivity contribution >= 4 is 38.0 Å². The molecule has 2 nitrogen and oxygen atoms in total. The highest BCUT2D eigenvalue weighted by Gasteiger charge is 2.24. The first-order valence-corrected chi connectivity index (χ1v) is 11.1. The maximum atomic E-state index is 5.00. The van der Waals surface area contributed by atoms with Crippen LogP contribution in [0.5, 0.6) is 0 Å². The van der Waals surface area contributed by atoms with Crippen molar-refractivity contribution in [2.75, 3.05) is 0 Å². The average Bonchev–Trinajstić information content (AvgIpc) is 3.36. The van der Waals surface area contributed by atoms with Crippen molar-refractivity contribution in [3.63, 3.8) is 0 Å². The third-order valence-corrected chi connectivity index (χ3v) is 6.79. The summed E-state index contributed by atoms with van der Waals surface area (Å²) >= 11 is 3.52. The maximum Gasteiger partial charge on any atom is 0.0794 e. The minimum absolute atomic E-state index is 0.982. The number of benzene rings is 4. The lowest BCUT2D eigenvalue weighted by Gasteiger charge is -2.07. The van der Waals surface area contributed by atoms with E-state index in [0.717, 1.165) is 21.2 Å². The molecule has 31 heavy (non-hydrogen) atoms. The van der Waals surface area contributed by atoms with Crippen LogP contribution in [-0.4, -0.2) is 4.98 Å². The SMILES string of the molecule is Brc1ccc(C2=c3c(ccc4c5c(ccc34)-c3ccccc3N=5)-c3ccccc32)nc1. The zero-order chi connectivity index (χ0) is 20.5. The number of para-hydroxylation sites is 1. The Morgan fingerprint density at radius 2 is 1.32 bits per heavy atom. The van der Waals surface area contributed by atoms with Crippen LogP contribution in [0.25, 0.3) is 38.6 Å². The first kappa shape index (κ1) is 17.2. The van der Waals surface area contributed by atoms with E-state index in [9.17, 15) is 0 Å². The fraction of sp³-hybridized carbons (Fsp3) is 0. The molecule has 0 radical (unpaired) electrons. The summed E-state index contributed by atoms with van der Waals surface area (Å²) < 4.78 is 0.982. The normalized spacial score (nSPS) is 12.9. The van der Waals surface area contributed by atoms with Gasteiger partial charge in [-0.2, -0.15) is 0 Å². The van der Waals surface area contributed by atoms with Gasteiger partial charge in [-0.1, -0.05) is 66.7 Å². The van der Waals surface area contributed by atoms with Crippen LogP contribution in [-0.2, 0) is 0 Å². The molecular formula is C28H15BrN2. The summed E-state index contributed by atoms with van der Waals surface area (Å²) in [5.74, 6) is 0. The van der Waals surface area contributed by atoms with Gasteiger partial charge >= 0.3 is 0 Å². The number of fused-ring (bicyclic) bond motifs is 9. The second kappa shape index (κ2) is 6.22. The zero-order valence-electron chi connectivity index (χ0n) is 16.4. The Labute approximate surface area is 187 Å². The molecule has 2 heterocycles. The van der Waals surface area contributed by atoms with Crippen molar-refractivity contribution in [2.45, 2.75) is 0 Å². The predicted octanol–water partition coefficient (Wildman–Crippen LogP) is 6.16. The molecule has 0 fully saturated rings. The number of aromatic nitrogens is 1. The number of halogens is 1. The minimum Gasteiger partial charge on any atom is -0.255 e. The molecule has 0 unspecified atom stereocenters. The van der Waals surface area contributed by atoms with Gasteiger partial charge < -0.3 is 0 Å². The van der Waals surface area contributed by atoms with Crippen molar-refractivity contribution < 1.29 is 0 Å². The highest BCUT2D eigenvalue weighted by Crippen LogP contribution is 2.38. The zero-order valence-corrected chi connectivity index (χ0v) is 18.0. The molecule has 5 aromatic rings. The molecule has 1 aliphatic heterocycles. The van der Waals surface area contributed by atoms with Crippen molar-refractivity contribution in [3.8, 4) is 22.3 Å². The van der Waals surface area contributed by atoms with Gasteiger partial charge in [0.05, 0.1) is 16.7 Å². The molecule has 0 saturated carbocycles. The second-order valence-electron chi connectivity index (χ2n) is 7.96. The van der Waals surface area contributed by atoms with Crippen LogP contribution >= 0.6 is 15.9 Å². The standard InChI is InChI=1S/C28H15BrN2/c29-16-9-14-25(30-15-16)27-19-7-2-1-5-17(19)20-10-13-23-21(26(20)27)11-12-22-18-6-3-4-8-24(18)31-28(22)23/h1-15H. The summed E-state index contributed by atoms with van der Waals surface area (Å²) in [5, 5.41) is 4.74. The van der Waals surface area contributed by atoms with E-state index in [1.807, 2.05) is 6.20 Å². The Hall–Kier alpha value is -3.56. The average molecular weight is 459 g/mol. The summed E-state index contributed by atoms with van der Waals surface area (Å²) in [5.41, 5.74) is 9.41. The van der Waals surface area contributed by atoms with Crippen molar-refractivity contribution in [1.82, 2.24) is 4.98 Å². The van der Waals surface area contributed by atoms with Crippen LogP contribution in [0, 0.1) is 0 Å². The van der Waals surface area contributed by atoms with E-state index in [1.54, 1.807) is 0 Å². The molecular weight excluding hydrogens is 444 g/mol. The van der Waals surface area contributed by atoms with Crippen LogP contribution < -0.4 is 10.6 Å². The van der Waals surface area contributed by atoms with Gasteiger partial charge in [0.25, 0.3) is 0 Å². The quantitative estimate of drug-likeness (QED) is 0.289. The Balaban J connectivity index is 1.65. The number of nitrogens with zero attached hydrogens (tertiary/aromatic N) is 2.